The highest BCUT2D eigenvalue weighted by molar-refractivity contribution is 7.92. The molecule has 2 N–H and O–H groups in total. The molecule has 0 aliphatic rings. The summed E-state index contributed by atoms with van der Waals surface area (Å²) < 4.78 is 39.1. The van der Waals surface area contributed by atoms with Crippen LogP contribution in [0.2, 0.25) is 0 Å². The minimum absolute atomic E-state index is 0.000473. The van der Waals surface area contributed by atoms with E-state index in [1.165, 1.54) is 20.3 Å². The van der Waals surface area contributed by atoms with Crippen LogP contribution in [-0.4, -0.2) is 22.6 Å². The molecule has 0 atom stereocenters. The van der Waals surface area contributed by atoms with Gasteiger partial charge in [0.2, 0.25) is 0 Å². The molecule has 6 nitrogen and oxygen atoms in total. The highest BCUT2D eigenvalue weighted by Crippen LogP contribution is 2.32. The molecule has 146 valence electrons. The molecule has 0 radical (unpaired) electrons. The lowest BCUT2D eigenvalue weighted by Crippen LogP contribution is -2.15. The molecule has 0 aliphatic heterocycles. The van der Waals surface area contributed by atoms with E-state index in [-0.39, 0.29) is 10.6 Å². The van der Waals surface area contributed by atoms with Crippen molar-refractivity contribution >= 4 is 27.1 Å². The third-order valence-electron chi connectivity index (χ3n) is 4.16. The molecule has 3 aromatic carbocycles. The number of rotatable bonds is 7. The van der Waals surface area contributed by atoms with Crippen molar-refractivity contribution < 1.29 is 17.9 Å². The average molecular weight is 398 g/mol. The van der Waals surface area contributed by atoms with Gasteiger partial charge < -0.3 is 14.8 Å². The summed E-state index contributed by atoms with van der Waals surface area (Å²) >= 11 is 0. The molecule has 0 spiro atoms. The molecule has 3 aromatic rings. The van der Waals surface area contributed by atoms with Gasteiger partial charge in [0, 0.05) is 11.8 Å². The summed E-state index contributed by atoms with van der Waals surface area (Å²) in [5.74, 6) is 0.657. The van der Waals surface area contributed by atoms with Gasteiger partial charge in [-0.25, -0.2) is 8.42 Å². The van der Waals surface area contributed by atoms with Crippen LogP contribution in [0.25, 0.3) is 0 Å². The van der Waals surface area contributed by atoms with Gasteiger partial charge in [0.05, 0.1) is 25.6 Å². The molecule has 7 heteroatoms. The zero-order chi connectivity index (χ0) is 20.1. The van der Waals surface area contributed by atoms with Crippen molar-refractivity contribution in [3.8, 4) is 11.5 Å². The quantitative estimate of drug-likeness (QED) is 0.610. The first kappa shape index (κ1) is 19.6. The SMILES string of the molecule is COc1ccc(OC)c(S(=O)(=O)Nc2ccccc2Nc2ccc(C)cc2)c1. The molecule has 0 bridgehead atoms. The third-order valence-corrected chi connectivity index (χ3v) is 5.55. The minimum atomic E-state index is -3.91. The second-order valence-electron chi connectivity index (χ2n) is 6.16. The number of aryl methyl sites for hydroxylation is 1. The monoisotopic (exact) mass is 398 g/mol. The van der Waals surface area contributed by atoms with Gasteiger partial charge in [-0.05, 0) is 43.3 Å². The first-order valence-electron chi connectivity index (χ1n) is 8.60. The standard InChI is InChI=1S/C21H22N2O4S/c1-15-8-10-16(11-9-15)22-18-6-4-5-7-19(18)23-28(24,25)21-14-17(26-2)12-13-20(21)27-3/h4-14,22-23H,1-3H3. The Morgan fingerprint density at radius 3 is 2.14 bits per heavy atom. The Hall–Kier alpha value is -3.19. The summed E-state index contributed by atoms with van der Waals surface area (Å²) in [6, 6.07) is 19.6. The second-order valence-corrected chi connectivity index (χ2v) is 7.81. The first-order chi connectivity index (χ1) is 13.4. The van der Waals surface area contributed by atoms with Crippen LogP contribution in [0.5, 0.6) is 11.5 Å². The minimum Gasteiger partial charge on any atom is -0.497 e. The average Bonchev–Trinajstić information content (AvgIpc) is 2.70. The molecule has 28 heavy (non-hydrogen) atoms. The summed E-state index contributed by atoms with van der Waals surface area (Å²) in [5.41, 5.74) is 3.06. The summed E-state index contributed by atoms with van der Waals surface area (Å²) in [6.45, 7) is 2.01. The number of hydrogen-bond acceptors (Lipinski definition) is 5. The predicted octanol–water partition coefficient (Wildman–Crippen LogP) is 4.56. The molecule has 0 aliphatic carbocycles. The second kappa shape index (κ2) is 8.22. The number of ether oxygens (including phenoxy) is 2. The number of methoxy groups -OCH3 is 2. The molecule has 0 heterocycles. The Balaban J connectivity index is 1.94. The number of hydrogen-bond donors (Lipinski definition) is 2. The van der Waals surface area contributed by atoms with Crippen LogP contribution in [0, 0.1) is 6.92 Å². The van der Waals surface area contributed by atoms with Gasteiger partial charge in [0.25, 0.3) is 10.0 Å². The van der Waals surface area contributed by atoms with Crippen molar-refractivity contribution in [2.45, 2.75) is 11.8 Å². The Morgan fingerprint density at radius 1 is 0.821 bits per heavy atom. The van der Waals surface area contributed by atoms with E-state index >= 15 is 0 Å². The summed E-state index contributed by atoms with van der Waals surface area (Å²) in [5, 5.41) is 3.24. The fourth-order valence-corrected chi connectivity index (χ4v) is 3.93. The van der Waals surface area contributed by atoms with Crippen LogP contribution in [0.1, 0.15) is 5.56 Å². The van der Waals surface area contributed by atoms with Crippen LogP contribution >= 0.6 is 0 Å². The molecular formula is C21H22N2O4S. The van der Waals surface area contributed by atoms with E-state index in [4.69, 9.17) is 9.47 Å². The van der Waals surface area contributed by atoms with Crippen molar-refractivity contribution in [2.24, 2.45) is 0 Å². The zero-order valence-corrected chi connectivity index (χ0v) is 16.7. The topological polar surface area (TPSA) is 76.7 Å². The molecule has 0 aromatic heterocycles. The Labute approximate surface area is 165 Å². The molecule has 0 amide bonds. The fourth-order valence-electron chi connectivity index (χ4n) is 2.67. The molecule has 0 saturated carbocycles. The van der Waals surface area contributed by atoms with E-state index in [0.717, 1.165) is 11.3 Å². The van der Waals surface area contributed by atoms with Crippen LogP contribution in [0.4, 0.5) is 17.1 Å². The fraction of sp³-hybridized carbons (Fsp3) is 0.143. The van der Waals surface area contributed by atoms with Crippen LogP contribution in [0.3, 0.4) is 0 Å². The molecule has 3 rings (SSSR count). The summed E-state index contributed by atoms with van der Waals surface area (Å²) in [7, 11) is -1.00. The normalized spacial score (nSPS) is 11.0. The lowest BCUT2D eigenvalue weighted by molar-refractivity contribution is 0.392. The van der Waals surface area contributed by atoms with Gasteiger partial charge in [-0.3, -0.25) is 4.72 Å². The maximum absolute atomic E-state index is 13.0. The maximum atomic E-state index is 13.0. The van der Waals surface area contributed by atoms with Crippen molar-refractivity contribution in [1.29, 1.82) is 0 Å². The molecular weight excluding hydrogens is 376 g/mol. The largest absolute Gasteiger partial charge is 0.497 e. The van der Waals surface area contributed by atoms with E-state index in [1.54, 1.807) is 30.3 Å². The lowest BCUT2D eigenvalue weighted by Gasteiger charge is -2.16. The summed E-state index contributed by atoms with van der Waals surface area (Å²) in [6.07, 6.45) is 0. The number of para-hydroxylation sites is 2. The Morgan fingerprint density at radius 2 is 1.50 bits per heavy atom. The third kappa shape index (κ3) is 4.37. The smallest absolute Gasteiger partial charge is 0.265 e. The molecule has 0 saturated heterocycles. The van der Waals surface area contributed by atoms with E-state index in [1.807, 2.05) is 37.3 Å². The van der Waals surface area contributed by atoms with E-state index in [2.05, 4.69) is 10.0 Å². The van der Waals surface area contributed by atoms with Crippen LogP contribution < -0.4 is 19.5 Å². The van der Waals surface area contributed by atoms with Crippen LogP contribution in [-0.2, 0) is 10.0 Å². The highest BCUT2D eigenvalue weighted by Gasteiger charge is 2.22. The van der Waals surface area contributed by atoms with Crippen molar-refractivity contribution in [1.82, 2.24) is 0 Å². The lowest BCUT2D eigenvalue weighted by atomic mass is 10.2. The van der Waals surface area contributed by atoms with E-state index in [9.17, 15) is 8.42 Å². The van der Waals surface area contributed by atoms with Gasteiger partial charge in [-0.15, -0.1) is 0 Å². The van der Waals surface area contributed by atoms with Crippen molar-refractivity contribution in [3.05, 3.63) is 72.3 Å². The Bertz CT molecular complexity index is 1060. The number of nitrogens with one attached hydrogen (secondary N) is 2. The van der Waals surface area contributed by atoms with Gasteiger partial charge >= 0.3 is 0 Å². The van der Waals surface area contributed by atoms with Crippen molar-refractivity contribution in [2.75, 3.05) is 24.3 Å². The first-order valence-corrected chi connectivity index (χ1v) is 10.1. The number of sulfonamides is 1. The van der Waals surface area contributed by atoms with Crippen molar-refractivity contribution in [3.63, 3.8) is 0 Å². The van der Waals surface area contributed by atoms with Crippen LogP contribution in [0.15, 0.2) is 71.6 Å². The number of anilines is 3. The maximum Gasteiger partial charge on any atom is 0.265 e. The van der Waals surface area contributed by atoms with Gasteiger partial charge in [0.1, 0.15) is 16.4 Å². The molecule has 0 unspecified atom stereocenters. The molecule has 0 fully saturated rings. The van der Waals surface area contributed by atoms with E-state index in [0.29, 0.717) is 17.1 Å². The Kier molecular flexibility index (Phi) is 5.75. The van der Waals surface area contributed by atoms with Gasteiger partial charge in [-0.2, -0.15) is 0 Å². The predicted molar refractivity (Wildman–Crippen MR) is 111 cm³/mol. The zero-order valence-electron chi connectivity index (χ0n) is 15.9. The van der Waals surface area contributed by atoms with Gasteiger partial charge in [-0.1, -0.05) is 29.8 Å². The summed E-state index contributed by atoms with van der Waals surface area (Å²) in [4.78, 5) is -0.000473. The number of benzene rings is 3. The van der Waals surface area contributed by atoms with Gasteiger partial charge in [0.15, 0.2) is 0 Å². The van der Waals surface area contributed by atoms with E-state index < -0.39 is 10.0 Å². The highest BCUT2D eigenvalue weighted by atomic mass is 32.2.